The molecular formula is C42H48N2S4Si2. The van der Waals surface area contributed by atoms with E-state index < -0.39 is 16.1 Å². The van der Waals surface area contributed by atoms with Gasteiger partial charge >= 0.3 is 0 Å². The van der Waals surface area contributed by atoms with E-state index >= 15 is 0 Å². The van der Waals surface area contributed by atoms with Gasteiger partial charge in [0.1, 0.15) is 16.1 Å². The minimum Gasteiger partial charge on any atom is -0.265 e. The normalized spacial score (nSPS) is 14.9. The Balaban J connectivity index is 1.27. The number of unbranched alkanes of at least 4 members (excludes halogenated alkanes) is 4. The minimum atomic E-state index is -1.88. The van der Waals surface area contributed by atoms with Gasteiger partial charge in [-0.3, -0.25) is 9.97 Å². The van der Waals surface area contributed by atoms with E-state index in [0.717, 1.165) is 0 Å². The largest absolute Gasteiger partial charge is 0.265 e. The van der Waals surface area contributed by atoms with Crippen molar-refractivity contribution in [2.45, 2.75) is 103 Å². The van der Waals surface area contributed by atoms with Crippen molar-refractivity contribution in [2.75, 3.05) is 0 Å². The molecular weight excluding hydrogens is 717 g/mol. The molecule has 0 fully saturated rings. The fourth-order valence-corrected chi connectivity index (χ4v) is 28.1. The Labute approximate surface area is 316 Å². The molecule has 0 saturated heterocycles. The van der Waals surface area contributed by atoms with Crippen molar-refractivity contribution >= 4 is 82.2 Å². The van der Waals surface area contributed by atoms with Crippen LogP contribution in [0.4, 0.5) is 0 Å². The molecule has 8 rings (SSSR count). The quantitative estimate of drug-likeness (QED) is 0.0973. The summed E-state index contributed by atoms with van der Waals surface area (Å²) in [5.74, 6) is 0. The van der Waals surface area contributed by atoms with Gasteiger partial charge in [-0.15, -0.1) is 45.3 Å². The number of hydrogen-bond acceptors (Lipinski definition) is 6. The van der Waals surface area contributed by atoms with Crippen molar-refractivity contribution in [2.24, 2.45) is 0 Å². The summed E-state index contributed by atoms with van der Waals surface area (Å²) in [6, 6.07) is 25.0. The number of aromatic nitrogens is 2. The number of fused-ring (bicyclic) bond motifs is 6. The van der Waals surface area contributed by atoms with Crippen LogP contribution in [0.25, 0.3) is 50.1 Å². The van der Waals surface area contributed by atoms with Gasteiger partial charge in [0.05, 0.1) is 0 Å². The van der Waals surface area contributed by atoms with Crippen LogP contribution < -0.4 is 20.7 Å². The van der Waals surface area contributed by atoms with Crippen LogP contribution in [-0.4, -0.2) is 26.1 Å². The van der Waals surface area contributed by atoms with Crippen LogP contribution in [0, 0.1) is 0 Å². The summed E-state index contributed by atoms with van der Waals surface area (Å²) < 4.78 is 0. The molecule has 0 atom stereocenters. The third-order valence-corrected chi connectivity index (χ3v) is 27.8. The van der Waals surface area contributed by atoms with Crippen LogP contribution in [0.1, 0.15) is 79.1 Å². The highest BCUT2D eigenvalue weighted by Crippen LogP contribution is 2.51. The second-order valence-corrected chi connectivity index (χ2v) is 27.2. The van der Waals surface area contributed by atoms with Gasteiger partial charge in [0, 0.05) is 63.8 Å². The first kappa shape index (κ1) is 34.6. The zero-order valence-corrected chi connectivity index (χ0v) is 35.2. The van der Waals surface area contributed by atoms with Crippen molar-refractivity contribution in [1.29, 1.82) is 0 Å². The highest BCUT2D eigenvalue weighted by molar-refractivity contribution is 7.35. The molecule has 0 aliphatic carbocycles. The van der Waals surface area contributed by atoms with Gasteiger partial charge in [0.2, 0.25) is 0 Å². The Kier molecular flexibility index (Phi) is 10.0. The first-order valence-electron chi connectivity index (χ1n) is 19.0. The van der Waals surface area contributed by atoms with Gasteiger partial charge in [-0.05, 0) is 105 Å². The SMILES string of the molecule is CCCC[Si]1(CCCC)c2cc(-c3ccncc3)sc2-c2sc(-c3cc4c(s3)-c3sc(-c5ccncc5)cc3[Si]4(CCCC)CCCC)cc21. The van der Waals surface area contributed by atoms with Crippen molar-refractivity contribution < 1.29 is 0 Å². The summed E-state index contributed by atoms with van der Waals surface area (Å²) in [7, 11) is -3.76. The molecule has 2 aliphatic heterocycles. The van der Waals surface area contributed by atoms with Crippen molar-refractivity contribution in [1.82, 2.24) is 9.97 Å². The zero-order chi connectivity index (χ0) is 34.3. The number of pyridine rings is 2. The van der Waals surface area contributed by atoms with E-state index in [9.17, 15) is 0 Å². The fraction of sp³-hybridized carbons (Fsp3) is 0.381. The molecule has 0 saturated carbocycles. The number of hydrogen-bond donors (Lipinski definition) is 0. The lowest BCUT2D eigenvalue weighted by molar-refractivity contribution is 0.839. The molecule has 2 nitrogen and oxygen atoms in total. The third kappa shape index (κ3) is 5.73. The lowest BCUT2D eigenvalue weighted by Crippen LogP contribution is -2.54. The van der Waals surface area contributed by atoms with E-state index in [1.165, 1.54) is 106 Å². The van der Waals surface area contributed by atoms with Gasteiger partial charge in [0.25, 0.3) is 0 Å². The predicted octanol–water partition coefficient (Wildman–Crippen LogP) is 12.0. The molecule has 2 aliphatic rings. The molecule has 0 spiro atoms. The lowest BCUT2D eigenvalue weighted by Gasteiger charge is -2.29. The Hall–Kier alpha value is -2.47. The van der Waals surface area contributed by atoms with E-state index in [1.807, 2.05) is 24.8 Å². The van der Waals surface area contributed by atoms with E-state index in [0.29, 0.717) is 0 Å². The molecule has 0 unspecified atom stereocenters. The highest BCUT2D eigenvalue weighted by Gasteiger charge is 2.49. The molecule has 6 aromatic rings. The first-order valence-corrected chi connectivity index (χ1v) is 27.1. The van der Waals surface area contributed by atoms with Crippen LogP contribution in [0.3, 0.4) is 0 Å². The molecule has 8 heterocycles. The summed E-state index contributed by atoms with van der Waals surface area (Å²) >= 11 is 8.36. The number of nitrogens with zero attached hydrogens (tertiary/aromatic N) is 2. The van der Waals surface area contributed by atoms with E-state index in [-0.39, 0.29) is 0 Å². The Morgan fingerprint density at radius 2 is 0.700 bits per heavy atom. The average Bonchev–Trinajstić information content (AvgIpc) is 4.00. The van der Waals surface area contributed by atoms with E-state index in [2.05, 4.69) is 132 Å². The van der Waals surface area contributed by atoms with Crippen LogP contribution in [0.5, 0.6) is 0 Å². The Morgan fingerprint density at radius 1 is 0.420 bits per heavy atom. The highest BCUT2D eigenvalue weighted by atomic mass is 32.1. The smallest absolute Gasteiger partial charge is 0.122 e. The molecule has 8 heteroatoms. The summed E-state index contributed by atoms with van der Waals surface area (Å²) in [5.41, 5.74) is 2.64. The number of rotatable bonds is 15. The Bertz CT molecular complexity index is 1920. The topological polar surface area (TPSA) is 25.8 Å². The van der Waals surface area contributed by atoms with Crippen LogP contribution in [0.2, 0.25) is 24.2 Å². The second kappa shape index (κ2) is 14.5. The molecule has 0 bridgehead atoms. The van der Waals surface area contributed by atoms with Gasteiger partial charge in [-0.25, -0.2) is 0 Å². The van der Waals surface area contributed by atoms with E-state index in [1.54, 1.807) is 40.3 Å². The number of thiophene rings is 4. The van der Waals surface area contributed by atoms with Gasteiger partial charge in [0.15, 0.2) is 0 Å². The van der Waals surface area contributed by atoms with Crippen LogP contribution >= 0.6 is 45.3 Å². The molecule has 0 amide bonds. The summed E-state index contributed by atoms with van der Waals surface area (Å²) in [5, 5.41) is 7.03. The average molecular weight is 765 g/mol. The predicted molar refractivity (Wildman–Crippen MR) is 230 cm³/mol. The molecule has 0 aromatic carbocycles. The van der Waals surface area contributed by atoms with Crippen LogP contribution in [0.15, 0.2) is 73.3 Å². The molecule has 258 valence electrons. The minimum absolute atomic E-state index is 1.27. The zero-order valence-electron chi connectivity index (χ0n) is 29.9. The first-order chi connectivity index (χ1) is 24.6. The maximum atomic E-state index is 4.33. The van der Waals surface area contributed by atoms with Crippen molar-refractivity contribution in [3.05, 3.63) is 73.3 Å². The lowest BCUT2D eigenvalue weighted by atomic mass is 10.2. The molecule has 0 N–H and O–H groups in total. The fourth-order valence-electron chi connectivity index (χ4n) is 8.75. The molecule has 0 radical (unpaired) electrons. The van der Waals surface area contributed by atoms with Gasteiger partial charge in [-0.2, -0.15) is 0 Å². The second-order valence-electron chi connectivity index (χ2n) is 14.5. The summed E-state index contributed by atoms with van der Waals surface area (Å²) in [6.07, 6.45) is 18.2. The molecule has 50 heavy (non-hydrogen) atoms. The third-order valence-electron chi connectivity index (χ3n) is 11.4. The van der Waals surface area contributed by atoms with Crippen molar-refractivity contribution in [3.63, 3.8) is 0 Å². The Morgan fingerprint density at radius 3 is 1.00 bits per heavy atom. The standard InChI is InChI=1S/C42H48N2S4Si2/c1-5-9-21-49(22-10-6-2)35-25-31(29-13-17-43-18-14-29)45-39(35)41-37(49)27-33(47-41)34-28-38-42(48-34)40-36(50(38,23-11-7-3)24-12-8-4)26-32(46-40)30-15-19-44-20-16-30/h13-20,25-28H,5-12,21-24H2,1-4H3. The van der Waals surface area contributed by atoms with Gasteiger partial charge in [-0.1, -0.05) is 79.1 Å². The maximum absolute atomic E-state index is 4.33. The maximum Gasteiger partial charge on any atom is 0.122 e. The van der Waals surface area contributed by atoms with Crippen LogP contribution in [-0.2, 0) is 0 Å². The van der Waals surface area contributed by atoms with E-state index in [4.69, 9.17) is 0 Å². The summed E-state index contributed by atoms with van der Waals surface area (Å²) in [6.45, 7) is 9.53. The monoisotopic (exact) mass is 764 g/mol. The molecule has 6 aromatic heterocycles. The van der Waals surface area contributed by atoms with Crippen molar-refractivity contribution in [3.8, 4) is 50.1 Å². The summed E-state index contributed by atoms with van der Waals surface area (Å²) in [4.78, 5) is 21.0. The van der Waals surface area contributed by atoms with Gasteiger partial charge < -0.3 is 0 Å².